The SMILES string of the molecule is COc1cc2ccnc(Cc3cccc(Cc4nccc5cc(OC)c(OC)c(OC)c45)c3)c2c(OC)c1OC. The first-order valence-corrected chi connectivity index (χ1v) is 12.8. The molecular formula is C32H32N2O6. The third kappa shape index (κ3) is 4.77. The predicted octanol–water partition coefficient (Wildman–Crippen LogP) is 6.02. The molecule has 5 aromatic rings. The van der Waals surface area contributed by atoms with Crippen molar-refractivity contribution < 1.29 is 28.4 Å². The molecule has 8 nitrogen and oxygen atoms in total. The number of nitrogens with zero attached hydrogens (tertiary/aromatic N) is 2. The Bertz CT molecular complexity index is 1560. The summed E-state index contributed by atoms with van der Waals surface area (Å²) < 4.78 is 33.9. The summed E-state index contributed by atoms with van der Waals surface area (Å²) in [6, 6.07) is 16.2. The minimum absolute atomic E-state index is 0.545. The minimum atomic E-state index is 0.545. The Hall–Kier alpha value is -4.72. The molecule has 5 rings (SSSR count). The highest BCUT2D eigenvalue weighted by atomic mass is 16.5. The third-order valence-corrected chi connectivity index (χ3v) is 7.00. The van der Waals surface area contributed by atoms with Gasteiger partial charge in [0.05, 0.1) is 54.0 Å². The maximum atomic E-state index is 5.79. The Balaban J connectivity index is 1.55. The van der Waals surface area contributed by atoms with E-state index >= 15 is 0 Å². The van der Waals surface area contributed by atoms with Gasteiger partial charge in [0.25, 0.3) is 0 Å². The van der Waals surface area contributed by atoms with Gasteiger partial charge in [-0.2, -0.15) is 0 Å². The summed E-state index contributed by atoms with van der Waals surface area (Å²) in [6.07, 6.45) is 4.82. The van der Waals surface area contributed by atoms with Crippen molar-refractivity contribution in [2.75, 3.05) is 42.7 Å². The summed E-state index contributed by atoms with van der Waals surface area (Å²) in [5.74, 6) is 3.52. The van der Waals surface area contributed by atoms with E-state index in [4.69, 9.17) is 38.4 Å². The first-order chi connectivity index (χ1) is 19.6. The fourth-order valence-corrected chi connectivity index (χ4v) is 5.26. The van der Waals surface area contributed by atoms with Crippen molar-refractivity contribution in [3.05, 3.63) is 83.4 Å². The van der Waals surface area contributed by atoms with E-state index in [0.717, 1.165) is 44.1 Å². The standard InChI is InChI=1S/C32H32N2O6/c1-35-25-17-21-10-12-33-23(27(21)31(39-5)29(25)37-3)15-19-8-7-9-20(14-19)16-24-28-22(11-13-34-24)18-26(36-2)30(38-4)32(28)40-6/h7-14,17-18H,15-16H2,1-6H3. The van der Waals surface area contributed by atoms with Gasteiger partial charge in [0, 0.05) is 36.0 Å². The zero-order valence-electron chi connectivity index (χ0n) is 23.5. The molecular weight excluding hydrogens is 508 g/mol. The first kappa shape index (κ1) is 26.9. The van der Waals surface area contributed by atoms with Crippen LogP contribution in [0.1, 0.15) is 22.5 Å². The molecule has 0 radical (unpaired) electrons. The topological polar surface area (TPSA) is 81.2 Å². The zero-order chi connectivity index (χ0) is 28.2. The van der Waals surface area contributed by atoms with E-state index in [1.165, 1.54) is 0 Å². The number of pyridine rings is 2. The van der Waals surface area contributed by atoms with E-state index in [1.807, 2.05) is 24.3 Å². The Labute approximate surface area is 233 Å². The van der Waals surface area contributed by atoms with Crippen LogP contribution >= 0.6 is 0 Å². The molecule has 2 aromatic heterocycles. The van der Waals surface area contributed by atoms with Crippen molar-refractivity contribution >= 4 is 21.5 Å². The normalized spacial score (nSPS) is 10.9. The number of methoxy groups -OCH3 is 6. The van der Waals surface area contributed by atoms with Crippen LogP contribution < -0.4 is 28.4 Å². The molecule has 0 unspecified atom stereocenters. The number of aromatic nitrogens is 2. The molecule has 206 valence electrons. The van der Waals surface area contributed by atoms with Crippen molar-refractivity contribution in [3.8, 4) is 34.5 Å². The van der Waals surface area contributed by atoms with Crippen molar-refractivity contribution in [2.45, 2.75) is 12.8 Å². The second-order valence-electron chi connectivity index (χ2n) is 9.18. The molecule has 0 spiro atoms. The summed E-state index contributed by atoms with van der Waals surface area (Å²) in [7, 11) is 9.70. The molecule has 0 amide bonds. The molecule has 8 heteroatoms. The van der Waals surface area contributed by atoms with Gasteiger partial charge in [-0.1, -0.05) is 24.3 Å². The van der Waals surface area contributed by atoms with Crippen LogP contribution in [0.4, 0.5) is 0 Å². The van der Waals surface area contributed by atoms with Crippen LogP contribution in [0.2, 0.25) is 0 Å². The average molecular weight is 541 g/mol. The van der Waals surface area contributed by atoms with Gasteiger partial charge in [0.2, 0.25) is 11.5 Å². The van der Waals surface area contributed by atoms with Gasteiger partial charge in [-0.15, -0.1) is 0 Å². The Morgan fingerprint density at radius 2 is 0.925 bits per heavy atom. The second-order valence-corrected chi connectivity index (χ2v) is 9.18. The molecule has 0 saturated carbocycles. The molecule has 0 N–H and O–H groups in total. The van der Waals surface area contributed by atoms with E-state index < -0.39 is 0 Å². The molecule has 0 saturated heterocycles. The number of ether oxygens (including phenoxy) is 6. The van der Waals surface area contributed by atoms with Gasteiger partial charge in [0.1, 0.15) is 0 Å². The molecule has 2 heterocycles. The highest BCUT2D eigenvalue weighted by molar-refractivity contribution is 5.96. The molecule has 0 aliphatic carbocycles. The molecule has 0 bridgehead atoms. The van der Waals surface area contributed by atoms with Gasteiger partial charge in [-0.3, -0.25) is 9.97 Å². The van der Waals surface area contributed by atoms with Crippen LogP contribution in [-0.2, 0) is 12.8 Å². The molecule has 0 aliphatic heterocycles. The lowest BCUT2D eigenvalue weighted by Crippen LogP contribution is -2.01. The highest BCUT2D eigenvalue weighted by Crippen LogP contribution is 2.45. The molecule has 40 heavy (non-hydrogen) atoms. The van der Waals surface area contributed by atoms with E-state index in [-0.39, 0.29) is 0 Å². The highest BCUT2D eigenvalue weighted by Gasteiger charge is 2.21. The van der Waals surface area contributed by atoms with Crippen LogP contribution in [0.25, 0.3) is 21.5 Å². The van der Waals surface area contributed by atoms with Crippen LogP contribution in [0.3, 0.4) is 0 Å². The van der Waals surface area contributed by atoms with Crippen LogP contribution in [0.15, 0.2) is 60.9 Å². The Morgan fingerprint density at radius 1 is 0.500 bits per heavy atom. The molecule has 0 fully saturated rings. The third-order valence-electron chi connectivity index (χ3n) is 7.00. The number of fused-ring (bicyclic) bond motifs is 2. The van der Waals surface area contributed by atoms with Gasteiger partial charge in [-0.25, -0.2) is 0 Å². The van der Waals surface area contributed by atoms with Crippen LogP contribution in [-0.4, -0.2) is 52.6 Å². The number of hydrogen-bond donors (Lipinski definition) is 0. The van der Waals surface area contributed by atoms with Crippen LogP contribution in [0, 0.1) is 0 Å². The Kier molecular flexibility index (Phi) is 7.77. The summed E-state index contributed by atoms with van der Waals surface area (Å²) in [5, 5.41) is 3.73. The fraction of sp³-hybridized carbons (Fsp3) is 0.250. The minimum Gasteiger partial charge on any atom is -0.493 e. The maximum absolute atomic E-state index is 5.79. The van der Waals surface area contributed by atoms with Gasteiger partial charge in [0.15, 0.2) is 23.0 Å². The fourth-order valence-electron chi connectivity index (χ4n) is 5.26. The monoisotopic (exact) mass is 540 g/mol. The summed E-state index contributed by atoms with van der Waals surface area (Å²) in [5.41, 5.74) is 3.99. The van der Waals surface area contributed by atoms with Crippen molar-refractivity contribution in [3.63, 3.8) is 0 Å². The smallest absolute Gasteiger partial charge is 0.204 e. The van der Waals surface area contributed by atoms with Crippen molar-refractivity contribution in [1.82, 2.24) is 9.97 Å². The second kappa shape index (κ2) is 11.6. The summed E-state index contributed by atoms with van der Waals surface area (Å²) in [6.45, 7) is 0. The van der Waals surface area contributed by atoms with Crippen molar-refractivity contribution in [2.24, 2.45) is 0 Å². The first-order valence-electron chi connectivity index (χ1n) is 12.8. The zero-order valence-corrected chi connectivity index (χ0v) is 23.5. The number of hydrogen-bond acceptors (Lipinski definition) is 8. The number of rotatable bonds is 10. The largest absolute Gasteiger partial charge is 0.493 e. The van der Waals surface area contributed by atoms with Crippen LogP contribution in [0.5, 0.6) is 34.5 Å². The van der Waals surface area contributed by atoms with Gasteiger partial charge < -0.3 is 28.4 Å². The average Bonchev–Trinajstić information content (AvgIpc) is 2.99. The molecule has 0 atom stereocenters. The quantitative estimate of drug-likeness (QED) is 0.213. The van der Waals surface area contributed by atoms with E-state index in [2.05, 4.69) is 24.3 Å². The van der Waals surface area contributed by atoms with E-state index in [9.17, 15) is 0 Å². The summed E-state index contributed by atoms with van der Waals surface area (Å²) in [4.78, 5) is 9.45. The van der Waals surface area contributed by atoms with Gasteiger partial charge in [-0.05, 0) is 46.2 Å². The van der Waals surface area contributed by atoms with E-state index in [1.54, 1.807) is 55.1 Å². The van der Waals surface area contributed by atoms with Gasteiger partial charge >= 0.3 is 0 Å². The predicted molar refractivity (Wildman–Crippen MR) is 155 cm³/mol. The molecule has 0 aliphatic rings. The lowest BCUT2D eigenvalue weighted by Gasteiger charge is -2.17. The maximum Gasteiger partial charge on any atom is 0.204 e. The number of benzene rings is 3. The van der Waals surface area contributed by atoms with Crippen molar-refractivity contribution in [1.29, 1.82) is 0 Å². The lowest BCUT2D eigenvalue weighted by molar-refractivity contribution is 0.327. The lowest BCUT2D eigenvalue weighted by atomic mass is 9.98. The summed E-state index contributed by atoms with van der Waals surface area (Å²) >= 11 is 0. The molecule has 3 aromatic carbocycles. The van der Waals surface area contributed by atoms with E-state index in [0.29, 0.717) is 47.3 Å². The Morgan fingerprint density at radius 3 is 1.30 bits per heavy atom.